The Morgan fingerprint density at radius 1 is 1.17 bits per heavy atom. The second-order valence-electron chi connectivity index (χ2n) is 4.17. The van der Waals surface area contributed by atoms with Crippen LogP contribution in [0.25, 0.3) is 10.8 Å². The number of aliphatic imine (C=N–C) groups is 1. The van der Waals surface area contributed by atoms with Crippen LogP contribution in [0.5, 0.6) is 0 Å². The molecule has 0 spiro atoms. The second kappa shape index (κ2) is 4.49. The summed E-state index contributed by atoms with van der Waals surface area (Å²) in [6.07, 6.45) is 0. The molecule has 0 unspecified atom stereocenters. The fourth-order valence-electron chi connectivity index (χ4n) is 2.01. The molecular weight excluding hydrogens is 226 g/mol. The Morgan fingerprint density at radius 2 is 2.00 bits per heavy atom. The summed E-state index contributed by atoms with van der Waals surface area (Å²) in [6.45, 7) is 1.40. The first-order chi connectivity index (χ1) is 8.83. The maximum atomic E-state index is 11.8. The van der Waals surface area contributed by atoms with E-state index in [9.17, 15) is 4.79 Å². The number of nitrogens with zero attached hydrogens (tertiary/aromatic N) is 1. The quantitative estimate of drug-likeness (QED) is 0.839. The van der Waals surface area contributed by atoms with Crippen LogP contribution in [0.4, 0.5) is 5.69 Å². The molecule has 4 nitrogen and oxygen atoms in total. The van der Waals surface area contributed by atoms with E-state index in [4.69, 9.17) is 0 Å². The highest BCUT2D eigenvalue weighted by atomic mass is 16.2. The molecule has 0 atom stereocenters. The van der Waals surface area contributed by atoms with Crippen LogP contribution < -0.4 is 10.6 Å². The largest absolute Gasteiger partial charge is 0.364 e. The maximum Gasteiger partial charge on any atom is 0.290 e. The third-order valence-corrected chi connectivity index (χ3v) is 2.90. The average Bonchev–Trinajstić information content (AvgIpc) is 2.92. The van der Waals surface area contributed by atoms with Crippen molar-refractivity contribution >= 4 is 28.2 Å². The molecule has 2 aromatic carbocycles. The lowest BCUT2D eigenvalue weighted by molar-refractivity contribution is -0.110. The molecule has 18 heavy (non-hydrogen) atoms. The molecule has 0 aliphatic carbocycles. The minimum absolute atomic E-state index is 0.178. The first-order valence-corrected chi connectivity index (χ1v) is 5.91. The summed E-state index contributed by atoms with van der Waals surface area (Å²) < 4.78 is 0. The fourth-order valence-corrected chi connectivity index (χ4v) is 2.01. The zero-order valence-electron chi connectivity index (χ0n) is 9.81. The van der Waals surface area contributed by atoms with Gasteiger partial charge < -0.3 is 10.6 Å². The summed E-state index contributed by atoms with van der Waals surface area (Å²) in [5.74, 6) is 0.242. The van der Waals surface area contributed by atoms with Crippen LogP contribution in [0.3, 0.4) is 0 Å². The topological polar surface area (TPSA) is 53.5 Å². The van der Waals surface area contributed by atoms with Gasteiger partial charge in [-0.05, 0) is 22.9 Å². The Labute approximate surface area is 105 Å². The van der Waals surface area contributed by atoms with Crippen LogP contribution in [0.2, 0.25) is 0 Å². The first-order valence-electron chi connectivity index (χ1n) is 5.91. The van der Waals surface area contributed by atoms with E-state index in [-0.39, 0.29) is 5.91 Å². The Kier molecular flexibility index (Phi) is 2.68. The molecule has 1 amide bonds. The molecule has 1 aliphatic heterocycles. The van der Waals surface area contributed by atoms with Gasteiger partial charge >= 0.3 is 0 Å². The predicted molar refractivity (Wildman–Crippen MR) is 72.9 cm³/mol. The lowest BCUT2D eigenvalue weighted by Gasteiger charge is -2.06. The third kappa shape index (κ3) is 2.05. The van der Waals surface area contributed by atoms with Gasteiger partial charge in [-0.15, -0.1) is 0 Å². The van der Waals surface area contributed by atoms with E-state index in [1.54, 1.807) is 0 Å². The number of anilines is 1. The molecule has 1 aliphatic rings. The average molecular weight is 239 g/mol. The van der Waals surface area contributed by atoms with Gasteiger partial charge in [0.2, 0.25) is 0 Å². The van der Waals surface area contributed by atoms with Crippen molar-refractivity contribution < 1.29 is 4.79 Å². The number of amidine groups is 1. The van der Waals surface area contributed by atoms with E-state index in [1.165, 1.54) is 0 Å². The van der Waals surface area contributed by atoms with E-state index < -0.39 is 0 Å². The van der Waals surface area contributed by atoms with Gasteiger partial charge in [0, 0.05) is 12.2 Å². The lowest BCUT2D eigenvalue weighted by atomic mass is 10.1. The van der Waals surface area contributed by atoms with E-state index in [0.29, 0.717) is 12.4 Å². The van der Waals surface area contributed by atoms with Gasteiger partial charge in [-0.1, -0.05) is 30.3 Å². The van der Waals surface area contributed by atoms with E-state index in [0.717, 1.165) is 23.0 Å². The smallest absolute Gasteiger partial charge is 0.290 e. The van der Waals surface area contributed by atoms with Crippen LogP contribution in [0, 0.1) is 0 Å². The molecule has 3 rings (SSSR count). The zero-order valence-corrected chi connectivity index (χ0v) is 9.81. The van der Waals surface area contributed by atoms with Crippen LogP contribution in [0.1, 0.15) is 0 Å². The normalized spacial score (nSPS) is 14.1. The summed E-state index contributed by atoms with van der Waals surface area (Å²) in [7, 11) is 0. The highest BCUT2D eigenvalue weighted by molar-refractivity contribution is 6.42. The zero-order chi connectivity index (χ0) is 12.4. The Balaban J connectivity index is 1.84. The number of carbonyl (C=O) groups excluding carboxylic acids is 1. The summed E-state index contributed by atoms with van der Waals surface area (Å²) in [6, 6.07) is 13.9. The molecule has 0 saturated heterocycles. The number of fused-ring (bicyclic) bond motifs is 1. The molecule has 0 bridgehead atoms. The Hall–Kier alpha value is -2.36. The van der Waals surface area contributed by atoms with Crippen LogP contribution in [-0.2, 0) is 4.79 Å². The molecular formula is C14H13N3O. The SMILES string of the molecule is O=C(Nc1ccc2ccccc2c1)C1=NCCN1. The standard InChI is InChI=1S/C14H13N3O/c18-14(13-15-7-8-16-13)17-12-6-5-10-3-1-2-4-11(10)9-12/h1-6,9H,7-8H2,(H,15,16)(H,17,18). The highest BCUT2D eigenvalue weighted by Crippen LogP contribution is 2.18. The van der Waals surface area contributed by atoms with E-state index in [2.05, 4.69) is 15.6 Å². The van der Waals surface area contributed by atoms with Crippen LogP contribution in [0.15, 0.2) is 47.5 Å². The molecule has 90 valence electrons. The summed E-state index contributed by atoms with van der Waals surface area (Å²) in [5, 5.41) is 8.06. The highest BCUT2D eigenvalue weighted by Gasteiger charge is 2.14. The number of hydrogen-bond donors (Lipinski definition) is 2. The maximum absolute atomic E-state index is 11.8. The van der Waals surface area contributed by atoms with Crippen molar-refractivity contribution in [2.75, 3.05) is 18.4 Å². The van der Waals surface area contributed by atoms with Gasteiger partial charge in [0.15, 0.2) is 5.84 Å². The van der Waals surface area contributed by atoms with E-state index >= 15 is 0 Å². The number of benzene rings is 2. The van der Waals surface area contributed by atoms with E-state index in [1.807, 2.05) is 42.5 Å². The molecule has 0 saturated carbocycles. The molecule has 0 radical (unpaired) electrons. The predicted octanol–water partition coefficient (Wildman–Crippen LogP) is 1.78. The monoisotopic (exact) mass is 239 g/mol. The van der Waals surface area contributed by atoms with Crippen molar-refractivity contribution in [2.45, 2.75) is 0 Å². The minimum Gasteiger partial charge on any atom is -0.364 e. The van der Waals surface area contributed by atoms with Crippen LogP contribution in [-0.4, -0.2) is 24.8 Å². The summed E-state index contributed by atoms with van der Waals surface area (Å²) in [5.41, 5.74) is 0.787. The third-order valence-electron chi connectivity index (χ3n) is 2.90. The van der Waals surface area contributed by atoms with Crippen molar-refractivity contribution in [1.82, 2.24) is 5.32 Å². The number of rotatable bonds is 2. The van der Waals surface area contributed by atoms with Gasteiger partial charge in [0.25, 0.3) is 5.91 Å². The van der Waals surface area contributed by atoms with Gasteiger partial charge in [-0.2, -0.15) is 0 Å². The molecule has 0 fully saturated rings. The second-order valence-corrected chi connectivity index (χ2v) is 4.17. The number of amides is 1. The molecule has 0 aromatic heterocycles. The molecule has 1 heterocycles. The molecule has 4 heteroatoms. The van der Waals surface area contributed by atoms with Crippen molar-refractivity contribution in [3.8, 4) is 0 Å². The van der Waals surface area contributed by atoms with Crippen molar-refractivity contribution in [1.29, 1.82) is 0 Å². The van der Waals surface area contributed by atoms with Gasteiger partial charge in [-0.25, -0.2) is 0 Å². The van der Waals surface area contributed by atoms with Crippen molar-refractivity contribution in [3.05, 3.63) is 42.5 Å². The Morgan fingerprint density at radius 3 is 2.78 bits per heavy atom. The molecule has 2 aromatic rings. The van der Waals surface area contributed by atoms with Gasteiger partial charge in [0.1, 0.15) is 0 Å². The van der Waals surface area contributed by atoms with Crippen molar-refractivity contribution in [2.24, 2.45) is 4.99 Å². The van der Waals surface area contributed by atoms with Gasteiger partial charge in [-0.3, -0.25) is 9.79 Å². The number of nitrogens with one attached hydrogen (secondary N) is 2. The summed E-state index contributed by atoms with van der Waals surface area (Å²) >= 11 is 0. The minimum atomic E-state index is -0.178. The molecule has 2 N–H and O–H groups in total. The summed E-state index contributed by atoms with van der Waals surface area (Å²) in [4.78, 5) is 15.9. The van der Waals surface area contributed by atoms with Gasteiger partial charge in [0.05, 0.1) is 6.54 Å². The fraction of sp³-hybridized carbons (Fsp3) is 0.143. The number of hydrogen-bond acceptors (Lipinski definition) is 3. The van der Waals surface area contributed by atoms with Crippen molar-refractivity contribution in [3.63, 3.8) is 0 Å². The lowest BCUT2D eigenvalue weighted by Crippen LogP contribution is -2.32. The Bertz CT molecular complexity index is 634. The first kappa shape index (κ1) is 10.8. The van der Waals surface area contributed by atoms with Crippen LogP contribution >= 0.6 is 0 Å². The number of carbonyl (C=O) groups is 1.